The maximum absolute atomic E-state index is 12.7. The van der Waals surface area contributed by atoms with Crippen molar-refractivity contribution in [3.8, 4) is 17.2 Å². The molecule has 2 aromatic carbocycles. The van der Waals surface area contributed by atoms with E-state index in [1.165, 1.54) is 0 Å². The van der Waals surface area contributed by atoms with Crippen molar-refractivity contribution in [2.75, 3.05) is 19.8 Å². The topological polar surface area (TPSA) is 44.8 Å². The van der Waals surface area contributed by atoms with Crippen LogP contribution in [0.25, 0.3) is 6.08 Å². The van der Waals surface area contributed by atoms with Crippen LogP contribution < -0.4 is 14.2 Å². The summed E-state index contributed by atoms with van der Waals surface area (Å²) < 4.78 is 17.4. The number of ether oxygens (including phenoxy) is 3. The molecule has 0 spiro atoms. The minimum Gasteiger partial charge on any atom is -0.493 e. The molecule has 0 aliphatic carbocycles. The molecule has 4 heteroatoms. The van der Waals surface area contributed by atoms with Crippen LogP contribution in [0, 0.1) is 0 Å². The zero-order valence-electron chi connectivity index (χ0n) is 19.0. The molecule has 0 fully saturated rings. The Bertz CT molecular complexity index is 866. The highest BCUT2D eigenvalue weighted by atomic mass is 16.5. The molecule has 0 aliphatic heterocycles. The van der Waals surface area contributed by atoms with Crippen LogP contribution in [0.4, 0.5) is 0 Å². The third-order valence-corrected chi connectivity index (χ3v) is 4.57. The Morgan fingerprint density at radius 1 is 0.903 bits per heavy atom. The van der Waals surface area contributed by atoms with Gasteiger partial charge < -0.3 is 14.2 Å². The van der Waals surface area contributed by atoms with Crippen molar-refractivity contribution in [2.45, 2.75) is 46.5 Å². The molecule has 0 N–H and O–H groups in total. The Morgan fingerprint density at radius 3 is 2.26 bits per heavy atom. The predicted molar refractivity (Wildman–Crippen MR) is 128 cm³/mol. The van der Waals surface area contributed by atoms with E-state index in [1.54, 1.807) is 36.4 Å². The van der Waals surface area contributed by atoms with Gasteiger partial charge in [-0.25, -0.2) is 0 Å². The summed E-state index contributed by atoms with van der Waals surface area (Å²) in [7, 11) is 0. The quantitative estimate of drug-likeness (QED) is 0.194. The molecule has 2 aromatic rings. The van der Waals surface area contributed by atoms with Gasteiger partial charge in [0.15, 0.2) is 5.78 Å². The zero-order valence-corrected chi connectivity index (χ0v) is 19.0. The lowest BCUT2D eigenvalue weighted by atomic mass is 10.00. The smallest absolute Gasteiger partial charge is 0.185 e. The van der Waals surface area contributed by atoms with Gasteiger partial charge in [-0.3, -0.25) is 4.79 Å². The maximum Gasteiger partial charge on any atom is 0.185 e. The molecule has 0 unspecified atom stereocenters. The lowest BCUT2D eigenvalue weighted by Gasteiger charge is -2.16. The largest absolute Gasteiger partial charge is 0.493 e. The number of benzene rings is 2. The standard InChI is InChI=1S/C27H34O4/c1-5-9-25-22(19-24(30-17-7-3)20-27(25)31-18-8-4)12-15-26(28)21-10-13-23(14-11-21)29-16-6-2/h6,10-15,19-20H,2,5,7-9,16-18H2,1,3-4H3. The second-order valence-corrected chi connectivity index (χ2v) is 7.26. The molecule has 0 aliphatic rings. The van der Waals surface area contributed by atoms with E-state index in [2.05, 4.69) is 27.4 Å². The fourth-order valence-corrected chi connectivity index (χ4v) is 3.08. The molecule has 0 bridgehead atoms. The summed E-state index contributed by atoms with van der Waals surface area (Å²) in [5.41, 5.74) is 2.68. The van der Waals surface area contributed by atoms with Gasteiger partial charge in [-0.1, -0.05) is 45.9 Å². The Hall–Kier alpha value is -3.01. The summed E-state index contributed by atoms with van der Waals surface area (Å²) in [6.07, 6.45) is 8.88. The van der Waals surface area contributed by atoms with E-state index in [-0.39, 0.29) is 5.78 Å². The van der Waals surface area contributed by atoms with E-state index in [0.717, 1.165) is 48.3 Å². The van der Waals surface area contributed by atoms with Crippen LogP contribution in [0.5, 0.6) is 17.2 Å². The van der Waals surface area contributed by atoms with E-state index in [0.29, 0.717) is 31.1 Å². The summed E-state index contributed by atoms with van der Waals surface area (Å²) in [6.45, 7) is 11.7. The van der Waals surface area contributed by atoms with Crippen LogP contribution in [-0.4, -0.2) is 25.6 Å². The van der Waals surface area contributed by atoms with Gasteiger partial charge in [-0.05, 0) is 61.2 Å². The number of hydrogen-bond donors (Lipinski definition) is 0. The minimum absolute atomic E-state index is 0.0615. The SMILES string of the molecule is C=CCOc1ccc(C(=O)C=Cc2cc(OCCC)cc(OCCC)c2CCC)cc1. The van der Waals surface area contributed by atoms with E-state index in [1.807, 2.05) is 18.2 Å². The second-order valence-electron chi connectivity index (χ2n) is 7.26. The Morgan fingerprint density at radius 2 is 1.61 bits per heavy atom. The number of hydrogen-bond acceptors (Lipinski definition) is 4. The summed E-state index contributed by atoms with van der Waals surface area (Å²) in [6, 6.07) is 11.1. The highest BCUT2D eigenvalue weighted by Crippen LogP contribution is 2.31. The molecule has 0 saturated carbocycles. The summed E-state index contributed by atoms with van der Waals surface area (Å²) >= 11 is 0. The highest BCUT2D eigenvalue weighted by Gasteiger charge is 2.12. The van der Waals surface area contributed by atoms with E-state index in [9.17, 15) is 4.79 Å². The zero-order chi connectivity index (χ0) is 22.5. The van der Waals surface area contributed by atoms with Crippen molar-refractivity contribution >= 4 is 11.9 Å². The highest BCUT2D eigenvalue weighted by molar-refractivity contribution is 6.07. The summed E-state index contributed by atoms with van der Waals surface area (Å²) in [5, 5.41) is 0. The number of allylic oxidation sites excluding steroid dienone is 1. The van der Waals surface area contributed by atoms with Gasteiger partial charge in [0.05, 0.1) is 13.2 Å². The van der Waals surface area contributed by atoms with Gasteiger partial charge in [0.1, 0.15) is 23.9 Å². The van der Waals surface area contributed by atoms with E-state index >= 15 is 0 Å². The molecule has 2 rings (SSSR count). The van der Waals surface area contributed by atoms with Gasteiger partial charge in [0, 0.05) is 17.2 Å². The molecule has 0 atom stereocenters. The first-order chi connectivity index (χ1) is 15.1. The summed E-state index contributed by atoms with van der Waals surface area (Å²) in [5.74, 6) is 2.26. The normalized spacial score (nSPS) is 10.8. The van der Waals surface area contributed by atoms with Crippen LogP contribution in [0.2, 0.25) is 0 Å². The Labute approximate surface area is 186 Å². The molecule has 0 radical (unpaired) electrons. The first-order valence-electron chi connectivity index (χ1n) is 11.1. The van der Waals surface area contributed by atoms with Crippen LogP contribution in [-0.2, 0) is 6.42 Å². The fraction of sp³-hybridized carbons (Fsp3) is 0.370. The maximum atomic E-state index is 12.7. The van der Waals surface area contributed by atoms with Crippen molar-refractivity contribution in [1.29, 1.82) is 0 Å². The Balaban J connectivity index is 2.29. The van der Waals surface area contributed by atoms with Crippen molar-refractivity contribution in [2.24, 2.45) is 0 Å². The minimum atomic E-state index is -0.0615. The molecule has 0 saturated heterocycles. The lowest BCUT2D eigenvalue weighted by Crippen LogP contribution is -2.03. The number of carbonyl (C=O) groups excluding carboxylic acids is 1. The second kappa shape index (κ2) is 13.3. The van der Waals surface area contributed by atoms with Crippen LogP contribution in [0.3, 0.4) is 0 Å². The first-order valence-corrected chi connectivity index (χ1v) is 11.1. The van der Waals surface area contributed by atoms with Gasteiger partial charge in [-0.15, -0.1) is 0 Å². The molecule has 0 heterocycles. The number of ketones is 1. The average molecular weight is 423 g/mol. The van der Waals surface area contributed by atoms with Gasteiger partial charge in [-0.2, -0.15) is 0 Å². The third kappa shape index (κ3) is 7.63. The average Bonchev–Trinajstić information content (AvgIpc) is 2.80. The molecule has 166 valence electrons. The molecule has 0 amide bonds. The van der Waals surface area contributed by atoms with E-state index < -0.39 is 0 Å². The third-order valence-electron chi connectivity index (χ3n) is 4.57. The lowest BCUT2D eigenvalue weighted by molar-refractivity contribution is 0.104. The summed E-state index contributed by atoms with van der Waals surface area (Å²) in [4.78, 5) is 12.7. The van der Waals surface area contributed by atoms with Crippen LogP contribution >= 0.6 is 0 Å². The fourth-order valence-electron chi connectivity index (χ4n) is 3.08. The van der Waals surface area contributed by atoms with Gasteiger partial charge in [0.2, 0.25) is 0 Å². The molecule has 31 heavy (non-hydrogen) atoms. The predicted octanol–water partition coefficient (Wildman–Crippen LogP) is 6.68. The van der Waals surface area contributed by atoms with Crippen molar-refractivity contribution in [3.05, 3.63) is 71.8 Å². The molecular weight excluding hydrogens is 388 g/mol. The number of carbonyl (C=O) groups is 1. The van der Waals surface area contributed by atoms with Crippen molar-refractivity contribution in [1.82, 2.24) is 0 Å². The van der Waals surface area contributed by atoms with Crippen LogP contribution in [0.15, 0.2) is 55.1 Å². The van der Waals surface area contributed by atoms with Crippen molar-refractivity contribution in [3.63, 3.8) is 0 Å². The van der Waals surface area contributed by atoms with Gasteiger partial charge >= 0.3 is 0 Å². The molecular formula is C27H34O4. The van der Waals surface area contributed by atoms with Crippen molar-refractivity contribution < 1.29 is 19.0 Å². The number of rotatable bonds is 14. The molecule has 0 aromatic heterocycles. The molecule has 4 nitrogen and oxygen atoms in total. The monoisotopic (exact) mass is 422 g/mol. The first kappa shape index (κ1) is 24.3. The Kier molecular flexibility index (Phi) is 10.4. The van der Waals surface area contributed by atoms with Crippen LogP contribution in [0.1, 0.15) is 61.5 Å². The van der Waals surface area contributed by atoms with Gasteiger partial charge in [0.25, 0.3) is 0 Å². The van der Waals surface area contributed by atoms with E-state index in [4.69, 9.17) is 14.2 Å².